The Balaban J connectivity index is 2.54. The topological polar surface area (TPSA) is 76.1 Å². The fourth-order valence-corrected chi connectivity index (χ4v) is 3.13. The van der Waals surface area contributed by atoms with Crippen molar-refractivity contribution in [3.8, 4) is 6.07 Å². The summed E-state index contributed by atoms with van der Waals surface area (Å²) in [7, 11) is 0. The molecule has 20 heavy (non-hydrogen) atoms. The second kappa shape index (κ2) is 4.97. The van der Waals surface area contributed by atoms with E-state index in [2.05, 4.69) is 33.8 Å². The second-order valence-corrected chi connectivity index (χ2v) is 6.63. The number of nitrogens with zero attached hydrogens (tertiary/aromatic N) is 1. The van der Waals surface area contributed by atoms with Gasteiger partial charge in [-0.15, -0.1) is 0 Å². The van der Waals surface area contributed by atoms with Crippen LogP contribution in [0.25, 0.3) is 0 Å². The number of allylic oxidation sites excluding steroid dienone is 3. The van der Waals surface area contributed by atoms with Gasteiger partial charge in [0.05, 0.1) is 5.57 Å². The normalized spacial score (nSPS) is 26.8. The third-order valence-electron chi connectivity index (χ3n) is 4.33. The Kier molecular flexibility index (Phi) is 3.64. The maximum absolute atomic E-state index is 12.5. The minimum Gasteiger partial charge on any atom is -0.444 e. The molecule has 2 N–H and O–H groups in total. The first-order valence-electron chi connectivity index (χ1n) is 7.14. The van der Waals surface area contributed by atoms with Crippen molar-refractivity contribution < 1.29 is 9.53 Å². The number of hydrogen-bond acceptors (Lipinski definition) is 4. The summed E-state index contributed by atoms with van der Waals surface area (Å²) in [6.07, 6.45) is 2.08. The van der Waals surface area contributed by atoms with Gasteiger partial charge in [-0.3, -0.25) is 4.79 Å². The monoisotopic (exact) mass is 274 g/mol. The molecule has 1 aliphatic heterocycles. The summed E-state index contributed by atoms with van der Waals surface area (Å²) in [5, 5.41) is 9.35. The summed E-state index contributed by atoms with van der Waals surface area (Å²) in [5.74, 6) is 0.927. The lowest BCUT2D eigenvalue weighted by atomic mass is 9.68. The molecule has 4 heteroatoms. The van der Waals surface area contributed by atoms with Crippen molar-refractivity contribution in [3.63, 3.8) is 0 Å². The van der Waals surface area contributed by atoms with E-state index >= 15 is 0 Å². The van der Waals surface area contributed by atoms with Crippen molar-refractivity contribution in [1.82, 2.24) is 0 Å². The van der Waals surface area contributed by atoms with Crippen molar-refractivity contribution in [2.45, 2.75) is 47.0 Å². The standard InChI is InChI=1S/C16H22N2O2/c1-5-9(2)13-10(8-17)15(18)20-12-7-16(3,4)6-11(19)14(12)13/h9,13H,5-7,18H2,1-4H3/t9-,13-/m0/s1. The van der Waals surface area contributed by atoms with E-state index in [1.165, 1.54) is 0 Å². The lowest BCUT2D eigenvalue weighted by Crippen LogP contribution is -2.36. The van der Waals surface area contributed by atoms with Crippen LogP contribution in [0.3, 0.4) is 0 Å². The van der Waals surface area contributed by atoms with Gasteiger partial charge in [0.15, 0.2) is 5.78 Å². The lowest BCUT2D eigenvalue weighted by molar-refractivity contribution is -0.119. The molecule has 0 saturated carbocycles. The number of Topliss-reactive ketones (excluding diaryl/α,β-unsaturated/α-hetero) is 1. The van der Waals surface area contributed by atoms with Crippen LogP contribution in [-0.2, 0) is 9.53 Å². The third kappa shape index (κ3) is 2.33. The SMILES string of the molecule is CC[C@H](C)[C@H]1C(C#N)=C(N)OC2=C1C(=O)CC(C)(C)C2. The smallest absolute Gasteiger partial charge is 0.204 e. The zero-order valence-electron chi connectivity index (χ0n) is 12.6. The summed E-state index contributed by atoms with van der Waals surface area (Å²) in [6.45, 7) is 8.22. The van der Waals surface area contributed by atoms with Crippen LogP contribution in [0.4, 0.5) is 0 Å². The Bertz CT molecular complexity index is 549. The van der Waals surface area contributed by atoms with Gasteiger partial charge >= 0.3 is 0 Å². The number of ether oxygens (including phenoxy) is 1. The first-order chi connectivity index (χ1) is 9.30. The molecule has 0 aromatic rings. The molecule has 0 unspecified atom stereocenters. The molecule has 0 fully saturated rings. The Morgan fingerprint density at radius 1 is 1.50 bits per heavy atom. The quantitative estimate of drug-likeness (QED) is 0.839. The van der Waals surface area contributed by atoms with Crippen LogP contribution in [0.2, 0.25) is 0 Å². The van der Waals surface area contributed by atoms with Gasteiger partial charge in [0.1, 0.15) is 11.8 Å². The molecule has 108 valence electrons. The van der Waals surface area contributed by atoms with Gasteiger partial charge < -0.3 is 10.5 Å². The minimum absolute atomic E-state index is 0.0989. The highest BCUT2D eigenvalue weighted by Crippen LogP contribution is 2.46. The highest BCUT2D eigenvalue weighted by molar-refractivity contribution is 5.98. The molecule has 0 radical (unpaired) electrons. The largest absolute Gasteiger partial charge is 0.444 e. The second-order valence-electron chi connectivity index (χ2n) is 6.63. The predicted octanol–water partition coefficient (Wildman–Crippen LogP) is 3.02. The molecule has 0 spiro atoms. The molecule has 4 nitrogen and oxygen atoms in total. The maximum Gasteiger partial charge on any atom is 0.204 e. The van der Waals surface area contributed by atoms with E-state index in [1.54, 1.807) is 0 Å². The van der Waals surface area contributed by atoms with E-state index in [0.29, 0.717) is 29.7 Å². The molecule has 0 bridgehead atoms. The molecule has 0 aromatic heterocycles. The van der Waals surface area contributed by atoms with Crippen LogP contribution in [-0.4, -0.2) is 5.78 Å². The van der Waals surface area contributed by atoms with Crippen molar-refractivity contribution in [2.24, 2.45) is 23.0 Å². The number of nitriles is 1. The molecule has 2 aliphatic rings. The average Bonchev–Trinajstić information content (AvgIpc) is 2.34. The van der Waals surface area contributed by atoms with E-state index in [-0.39, 0.29) is 28.9 Å². The molecule has 1 heterocycles. The Hall–Kier alpha value is -1.76. The molecule has 2 rings (SSSR count). The number of carbonyl (C=O) groups is 1. The van der Waals surface area contributed by atoms with Crippen LogP contribution in [0.1, 0.15) is 47.0 Å². The van der Waals surface area contributed by atoms with Crippen LogP contribution in [0, 0.1) is 28.6 Å². The first kappa shape index (κ1) is 14.6. The van der Waals surface area contributed by atoms with E-state index in [9.17, 15) is 10.1 Å². The Labute approximate surface area is 120 Å². The average molecular weight is 274 g/mol. The molecule has 0 aromatic carbocycles. The van der Waals surface area contributed by atoms with E-state index in [4.69, 9.17) is 10.5 Å². The van der Waals surface area contributed by atoms with Crippen molar-refractivity contribution >= 4 is 5.78 Å². The van der Waals surface area contributed by atoms with Crippen molar-refractivity contribution in [3.05, 3.63) is 22.8 Å². The van der Waals surface area contributed by atoms with Gasteiger partial charge in [0.25, 0.3) is 0 Å². The summed E-state index contributed by atoms with van der Waals surface area (Å²) in [5.41, 5.74) is 6.89. The van der Waals surface area contributed by atoms with Crippen LogP contribution in [0.5, 0.6) is 0 Å². The highest BCUT2D eigenvalue weighted by atomic mass is 16.5. The first-order valence-corrected chi connectivity index (χ1v) is 7.14. The summed E-state index contributed by atoms with van der Waals surface area (Å²) in [6, 6.07) is 2.14. The summed E-state index contributed by atoms with van der Waals surface area (Å²) in [4.78, 5) is 12.5. The van der Waals surface area contributed by atoms with Gasteiger partial charge in [-0.1, -0.05) is 34.1 Å². The molecule has 0 saturated heterocycles. The molecular formula is C16H22N2O2. The van der Waals surface area contributed by atoms with E-state index in [0.717, 1.165) is 6.42 Å². The Morgan fingerprint density at radius 3 is 2.70 bits per heavy atom. The van der Waals surface area contributed by atoms with E-state index < -0.39 is 0 Å². The van der Waals surface area contributed by atoms with Crippen LogP contribution < -0.4 is 5.73 Å². The van der Waals surface area contributed by atoms with Gasteiger partial charge in [0, 0.05) is 24.3 Å². The van der Waals surface area contributed by atoms with Crippen molar-refractivity contribution in [1.29, 1.82) is 5.26 Å². The molecule has 1 aliphatic carbocycles. The fraction of sp³-hybridized carbons (Fsp3) is 0.625. The molecular weight excluding hydrogens is 252 g/mol. The number of hydrogen-bond donors (Lipinski definition) is 1. The fourth-order valence-electron chi connectivity index (χ4n) is 3.13. The van der Waals surface area contributed by atoms with Crippen LogP contribution >= 0.6 is 0 Å². The third-order valence-corrected chi connectivity index (χ3v) is 4.33. The minimum atomic E-state index is -0.211. The number of nitrogens with two attached hydrogens (primary N) is 1. The predicted molar refractivity (Wildman–Crippen MR) is 75.9 cm³/mol. The molecule has 0 amide bonds. The summed E-state index contributed by atoms with van der Waals surface area (Å²) >= 11 is 0. The number of carbonyl (C=O) groups excluding carboxylic acids is 1. The van der Waals surface area contributed by atoms with Gasteiger partial charge in [-0.05, 0) is 11.3 Å². The van der Waals surface area contributed by atoms with Crippen molar-refractivity contribution in [2.75, 3.05) is 0 Å². The summed E-state index contributed by atoms with van der Waals surface area (Å²) < 4.78 is 5.62. The lowest BCUT2D eigenvalue weighted by Gasteiger charge is -2.38. The van der Waals surface area contributed by atoms with Gasteiger partial charge in [-0.2, -0.15) is 5.26 Å². The van der Waals surface area contributed by atoms with Gasteiger partial charge in [-0.25, -0.2) is 0 Å². The molecule has 2 atom stereocenters. The maximum atomic E-state index is 12.5. The zero-order valence-corrected chi connectivity index (χ0v) is 12.6. The Morgan fingerprint density at radius 2 is 2.15 bits per heavy atom. The number of rotatable bonds is 2. The van der Waals surface area contributed by atoms with Gasteiger partial charge in [0.2, 0.25) is 5.88 Å². The van der Waals surface area contributed by atoms with E-state index in [1.807, 2.05) is 0 Å². The highest BCUT2D eigenvalue weighted by Gasteiger charge is 2.43. The zero-order chi connectivity index (χ0) is 15.1. The van der Waals surface area contributed by atoms with Crippen LogP contribution in [0.15, 0.2) is 22.8 Å². The number of ketones is 1.